The van der Waals surface area contributed by atoms with Gasteiger partial charge in [-0.1, -0.05) is 6.92 Å². The van der Waals surface area contributed by atoms with Crippen LogP contribution in [0.1, 0.15) is 13.3 Å². The van der Waals surface area contributed by atoms with E-state index >= 15 is 0 Å². The highest BCUT2D eigenvalue weighted by Crippen LogP contribution is 2.23. The van der Waals surface area contributed by atoms with Crippen molar-refractivity contribution in [2.24, 2.45) is 0 Å². The number of hydrogen-bond acceptors (Lipinski definition) is 4. The number of phosphoric ester groups is 1. The highest BCUT2D eigenvalue weighted by Gasteiger charge is 1.85. The highest BCUT2D eigenvalue weighted by atomic mass is 31.2. The Kier molecular flexibility index (Phi) is 6.44. The van der Waals surface area contributed by atoms with Crippen molar-refractivity contribution < 1.29 is 18.9 Å². The van der Waals surface area contributed by atoms with Gasteiger partial charge in [-0.25, -0.2) is 0 Å². The van der Waals surface area contributed by atoms with E-state index in [0.717, 1.165) is 0 Å². The summed E-state index contributed by atoms with van der Waals surface area (Å²) in [5, 5.41) is 0. The number of quaternary nitrogens is 1. The molecule has 0 bridgehead atoms. The summed E-state index contributed by atoms with van der Waals surface area (Å²) >= 11 is 0. The third-order valence-electron chi connectivity index (χ3n) is 0.454. The molecule has 4 N–H and O–H groups in total. The van der Waals surface area contributed by atoms with E-state index in [1.807, 2.05) is 0 Å². The molecule has 0 radical (unpaired) electrons. The minimum atomic E-state index is -4.68. The van der Waals surface area contributed by atoms with Gasteiger partial charge in [0, 0.05) is 0 Å². The summed E-state index contributed by atoms with van der Waals surface area (Å²) in [6, 6.07) is 0. The predicted octanol–water partition coefficient (Wildman–Crippen LogP) is -0.382. The zero-order valence-electron chi connectivity index (χ0n) is 5.49. The van der Waals surface area contributed by atoms with Crippen molar-refractivity contribution in [3.05, 3.63) is 0 Å². The van der Waals surface area contributed by atoms with Crippen molar-refractivity contribution in [1.82, 2.24) is 6.15 Å². The number of phosphoric acid groups is 1. The maximum Gasteiger partial charge on any atom is 0.0596 e. The van der Waals surface area contributed by atoms with E-state index in [-0.39, 0.29) is 12.8 Å². The molecule has 58 valence electrons. The summed E-state index contributed by atoms with van der Waals surface area (Å²) in [5.74, 6) is 0. The molecule has 6 heteroatoms. The van der Waals surface area contributed by atoms with E-state index in [2.05, 4.69) is 4.52 Å². The van der Waals surface area contributed by atoms with Crippen LogP contribution in [0.15, 0.2) is 0 Å². The van der Waals surface area contributed by atoms with Crippen LogP contribution in [0.25, 0.3) is 0 Å². The summed E-state index contributed by atoms with van der Waals surface area (Å²) in [7, 11) is -4.68. The van der Waals surface area contributed by atoms with Gasteiger partial charge < -0.3 is 25.0 Å². The summed E-state index contributed by atoms with van der Waals surface area (Å²) in [4.78, 5) is 19.3. The molecule has 5 nitrogen and oxygen atoms in total. The van der Waals surface area contributed by atoms with Crippen LogP contribution in [-0.4, -0.2) is 6.61 Å². The zero-order chi connectivity index (χ0) is 6.62. The Labute approximate surface area is 53.9 Å². The van der Waals surface area contributed by atoms with Gasteiger partial charge in [-0.15, -0.1) is 0 Å². The Bertz CT molecular complexity index is 100.0. The maximum absolute atomic E-state index is 9.64. The Balaban J connectivity index is 0. The molecule has 0 unspecified atom stereocenters. The van der Waals surface area contributed by atoms with Crippen LogP contribution in [-0.2, 0) is 9.09 Å². The Hall–Kier alpha value is 0.0700. The molecule has 9 heavy (non-hydrogen) atoms. The van der Waals surface area contributed by atoms with E-state index in [4.69, 9.17) is 0 Å². The van der Waals surface area contributed by atoms with E-state index in [9.17, 15) is 14.4 Å². The molecule has 0 aliphatic rings. The van der Waals surface area contributed by atoms with Crippen molar-refractivity contribution in [2.75, 3.05) is 6.61 Å². The van der Waals surface area contributed by atoms with E-state index in [0.29, 0.717) is 6.42 Å². The van der Waals surface area contributed by atoms with Gasteiger partial charge in [0.05, 0.1) is 14.4 Å². The van der Waals surface area contributed by atoms with Crippen LogP contribution in [0.5, 0.6) is 0 Å². The predicted molar refractivity (Wildman–Crippen MR) is 29.8 cm³/mol. The van der Waals surface area contributed by atoms with Crippen LogP contribution in [0.3, 0.4) is 0 Å². The van der Waals surface area contributed by atoms with Gasteiger partial charge in [0.1, 0.15) is 0 Å². The van der Waals surface area contributed by atoms with Crippen LogP contribution >= 0.6 is 7.82 Å². The zero-order valence-corrected chi connectivity index (χ0v) is 6.39. The van der Waals surface area contributed by atoms with Gasteiger partial charge in [0.25, 0.3) is 0 Å². The van der Waals surface area contributed by atoms with Gasteiger partial charge in [-0.2, -0.15) is 0 Å². The van der Waals surface area contributed by atoms with E-state index in [1.165, 1.54) is 0 Å². The minimum absolute atomic E-state index is 0. The average molecular weight is 156 g/mol. The largest absolute Gasteiger partial charge is 0.790 e. The molecule has 0 amide bonds. The van der Waals surface area contributed by atoms with Crippen LogP contribution in [0.2, 0.25) is 0 Å². The van der Waals surface area contributed by atoms with E-state index < -0.39 is 7.82 Å². The fourth-order valence-corrected chi connectivity index (χ4v) is 0.609. The fraction of sp³-hybridized carbons (Fsp3) is 1.00. The molecule has 0 aliphatic heterocycles. The molecule has 0 heterocycles. The lowest BCUT2D eigenvalue weighted by molar-refractivity contribution is -0.341. The van der Waals surface area contributed by atoms with Gasteiger partial charge in [-0.05, 0) is 6.42 Å². The Morgan fingerprint density at radius 3 is 2.11 bits per heavy atom. The first-order chi connectivity index (χ1) is 3.56. The number of hydrogen-bond donors (Lipinski definition) is 1. The first-order valence-corrected chi connectivity index (χ1v) is 3.69. The molecule has 0 aromatic heterocycles. The summed E-state index contributed by atoms with van der Waals surface area (Å²) in [6.07, 6.45) is 0.536. The smallest absolute Gasteiger partial charge is 0.0596 e. The summed E-state index contributed by atoms with van der Waals surface area (Å²) in [6.45, 7) is 1.71. The molecule has 0 aliphatic carbocycles. The van der Waals surface area contributed by atoms with Crippen LogP contribution < -0.4 is 15.9 Å². The summed E-state index contributed by atoms with van der Waals surface area (Å²) < 4.78 is 13.5. The lowest BCUT2D eigenvalue weighted by Crippen LogP contribution is -2.16. The van der Waals surface area contributed by atoms with Crippen LogP contribution in [0, 0.1) is 0 Å². The van der Waals surface area contributed by atoms with Crippen molar-refractivity contribution in [3.63, 3.8) is 0 Å². The van der Waals surface area contributed by atoms with Gasteiger partial charge in [-0.3, -0.25) is 0 Å². The van der Waals surface area contributed by atoms with Crippen molar-refractivity contribution in [3.8, 4) is 0 Å². The third-order valence-corrected chi connectivity index (χ3v) is 0.952. The highest BCUT2D eigenvalue weighted by molar-refractivity contribution is 7.43. The fourth-order valence-electron chi connectivity index (χ4n) is 0.203. The standard InChI is InChI=1S/C3H9O4P.H3N/c1-2-3-7-8(4,5)6;/h2-3H2,1H3,(H2,4,5,6);1H3/p-1. The lowest BCUT2D eigenvalue weighted by atomic mass is 10.5. The quantitative estimate of drug-likeness (QED) is 0.561. The molecular formula is C3H11NO4P-. The number of rotatable bonds is 3. The first-order valence-electron chi connectivity index (χ1n) is 2.23. The molecule has 0 aromatic carbocycles. The van der Waals surface area contributed by atoms with Gasteiger partial charge in [0.2, 0.25) is 0 Å². The molecule has 0 fully saturated rings. The first kappa shape index (κ1) is 11.8. The average Bonchev–Trinajstić information content (AvgIpc) is 1.59. The maximum atomic E-state index is 9.64. The van der Waals surface area contributed by atoms with Crippen molar-refractivity contribution in [2.45, 2.75) is 13.3 Å². The lowest BCUT2D eigenvalue weighted by Gasteiger charge is -2.28. The van der Waals surface area contributed by atoms with E-state index in [1.54, 1.807) is 6.92 Å². The van der Waals surface area contributed by atoms with Crippen molar-refractivity contribution in [1.29, 1.82) is 0 Å². The van der Waals surface area contributed by atoms with Crippen LogP contribution in [0.4, 0.5) is 0 Å². The van der Waals surface area contributed by atoms with Gasteiger partial charge >= 0.3 is 0 Å². The molecular weight excluding hydrogens is 145 g/mol. The SMILES string of the molecule is CCCOP(=O)([O-])[O-].[NH4+]. The Morgan fingerprint density at radius 1 is 1.56 bits per heavy atom. The molecule has 0 saturated carbocycles. The molecule has 0 aromatic rings. The molecule has 0 atom stereocenters. The monoisotopic (exact) mass is 156 g/mol. The molecule has 0 rings (SSSR count). The normalized spacial score (nSPS) is 10.6. The second-order valence-corrected chi connectivity index (χ2v) is 2.43. The van der Waals surface area contributed by atoms with Crippen molar-refractivity contribution >= 4 is 7.82 Å². The molecule has 0 saturated heterocycles. The topological polar surface area (TPSA) is 109 Å². The second-order valence-electron chi connectivity index (χ2n) is 1.28. The minimum Gasteiger partial charge on any atom is -0.790 e. The Morgan fingerprint density at radius 2 is 2.00 bits per heavy atom. The molecule has 0 spiro atoms. The third kappa shape index (κ3) is 11.6. The summed E-state index contributed by atoms with van der Waals surface area (Å²) in [5.41, 5.74) is 0. The van der Waals surface area contributed by atoms with Gasteiger partial charge in [0.15, 0.2) is 0 Å². The second kappa shape index (κ2) is 4.90.